The molecule has 0 aromatic carbocycles. The highest BCUT2D eigenvalue weighted by Gasteiger charge is 2.28. The van der Waals surface area contributed by atoms with Crippen LogP contribution in [0.2, 0.25) is 0 Å². The molecule has 0 bridgehead atoms. The predicted octanol–water partition coefficient (Wildman–Crippen LogP) is -0.978. The number of carbonyl (C=O) groups is 2. The van der Waals surface area contributed by atoms with Crippen LogP contribution in [0.3, 0.4) is 0 Å². The Kier molecular flexibility index (Phi) is 4.35. The van der Waals surface area contributed by atoms with E-state index >= 15 is 0 Å². The van der Waals surface area contributed by atoms with Crippen molar-refractivity contribution >= 4 is 24.2 Å². The lowest BCUT2D eigenvalue weighted by atomic mass is 9.96. The van der Waals surface area contributed by atoms with Crippen molar-refractivity contribution < 1.29 is 9.59 Å². The molecule has 2 saturated heterocycles. The maximum absolute atomic E-state index is 11.6. The number of carbonyl (C=O) groups excluding carboxylic acids is 2. The highest BCUT2D eigenvalue weighted by molar-refractivity contribution is 5.87. The third-order valence-electron chi connectivity index (χ3n) is 2.75. The van der Waals surface area contributed by atoms with E-state index in [4.69, 9.17) is 0 Å². The topological polar surface area (TPSA) is 70.2 Å². The standard InChI is InChI=1S/C9H15N3O2.ClH/c13-8-3-6(1-2-11-8)9(14)12-7-4-10-5-7;/h6-7,10H,1-5H2,(H,11,13)(H,12,14);1H. The number of rotatable bonds is 2. The van der Waals surface area contributed by atoms with Crippen molar-refractivity contribution in [2.45, 2.75) is 18.9 Å². The summed E-state index contributed by atoms with van der Waals surface area (Å²) in [5, 5.41) is 8.73. The Bertz CT molecular complexity index is 256. The molecule has 2 rings (SSSR count). The Balaban J connectivity index is 0.00000112. The van der Waals surface area contributed by atoms with Crippen LogP contribution in [0.5, 0.6) is 0 Å². The van der Waals surface area contributed by atoms with Crippen LogP contribution in [0.1, 0.15) is 12.8 Å². The van der Waals surface area contributed by atoms with Crippen molar-refractivity contribution in [3.05, 3.63) is 0 Å². The second-order valence-corrected chi connectivity index (χ2v) is 3.90. The van der Waals surface area contributed by atoms with Gasteiger partial charge in [-0.3, -0.25) is 9.59 Å². The molecule has 2 aliphatic heterocycles. The van der Waals surface area contributed by atoms with Crippen molar-refractivity contribution in [1.82, 2.24) is 16.0 Å². The summed E-state index contributed by atoms with van der Waals surface area (Å²) in [7, 11) is 0. The van der Waals surface area contributed by atoms with Gasteiger partial charge >= 0.3 is 0 Å². The molecule has 0 spiro atoms. The number of amides is 2. The molecule has 0 aliphatic carbocycles. The van der Waals surface area contributed by atoms with Crippen LogP contribution in [0.4, 0.5) is 0 Å². The van der Waals surface area contributed by atoms with E-state index in [0.29, 0.717) is 13.0 Å². The van der Waals surface area contributed by atoms with Crippen LogP contribution in [0, 0.1) is 5.92 Å². The van der Waals surface area contributed by atoms with Crippen molar-refractivity contribution in [3.63, 3.8) is 0 Å². The summed E-state index contributed by atoms with van der Waals surface area (Å²) in [5.74, 6) is -0.0983. The minimum Gasteiger partial charge on any atom is -0.356 e. The zero-order valence-electron chi connectivity index (χ0n) is 8.41. The molecule has 2 fully saturated rings. The lowest BCUT2D eigenvalue weighted by Gasteiger charge is -2.30. The van der Waals surface area contributed by atoms with E-state index in [1.165, 1.54) is 0 Å². The quantitative estimate of drug-likeness (QED) is 0.575. The fraction of sp³-hybridized carbons (Fsp3) is 0.778. The highest BCUT2D eigenvalue weighted by atomic mass is 35.5. The second-order valence-electron chi connectivity index (χ2n) is 3.90. The molecule has 1 unspecified atom stereocenters. The molecule has 6 heteroatoms. The third kappa shape index (κ3) is 3.07. The Morgan fingerprint density at radius 3 is 2.67 bits per heavy atom. The lowest BCUT2D eigenvalue weighted by molar-refractivity contribution is -0.133. The predicted molar refractivity (Wildman–Crippen MR) is 57.8 cm³/mol. The highest BCUT2D eigenvalue weighted by Crippen LogP contribution is 2.12. The summed E-state index contributed by atoms with van der Waals surface area (Å²) < 4.78 is 0. The smallest absolute Gasteiger partial charge is 0.224 e. The number of piperidine rings is 1. The van der Waals surface area contributed by atoms with Gasteiger partial charge in [-0.05, 0) is 6.42 Å². The molecular formula is C9H16ClN3O2. The van der Waals surface area contributed by atoms with Gasteiger partial charge in [0.25, 0.3) is 0 Å². The monoisotopic (exact) mass is 233 g/mol. The van der Waals surface area contributed by atoms with Crippen molar-refractivity contribution in [1.29, 1.82) is 0 Å². The Hall–Kier alpha value is -0.810. The van der Waals surface area contributed by atoms with Crippen LogP contribution in [0.15, 0.2) is 0 Å². The van der Waals surface area contributed by atoms with Gasteiger partial charge in [-0.15, -0.1) is 12.4 Å². The number of hydrogen-bond acceptors (Lipinski definition) is 3. The molecule has 0 aromatic rings. The van der Waals surface area contributed by atoms with Crippen molar-refractivity contribution in [2.24, 2.45) is 5.92 Å². The van der Waals surface area contributed by atoms with Crippen molar-refractivity contribution in [3.8, 4) is 0 Å². The first-order chi connectivity index (χ1) is 6.75. The van der Waals surface area contributed by atoms with Crippen LogP contribution < -0.4 is 16.0 Å². The Morgan fingerprint density at radius 2 is 2.13 bits per heavy atom. The fourth-order valence-electron chi connectivity index (χ4n) is 1.72. The third-order valence-corrected chi connectivity index (χ3v) is 2.75. The van der Waals surface area contributed by atoms with Gasteiger partial charge < -0.3 is 16.0 Å². The summed E-state index contributed by atoms with van der Waals surface area (Å²) in [5.41, 5.74) is 0. The van der Waals surface area contributed by atoms with Gasteiger partial charge in [0.2, 0.25) is 11.8 Å². The summed E-state index contributed by atoms with van der Waals surface area (Å²) in [6.07, 6.45) is 1.10. The van der Waals surface area contributed by atoms with Gasteiger partial charge in [-0.1, -0.05) is 0 Å². The first-order valence-electron chi connectivity index (χ1n) is 5.03. The van der Waals surface area contributed by atoms with E-state index in [-0.39, 0.29) is 36.2 Å². The van der Waals surface area contributed by atoms with Gasteiger partial charge in [0.05, 0.1) is 6.04 Å². The summed E-state index contributed by atoms with van der Waals surface area (Å²) in [4.78, 5) is 22.7. The van der Waals surface area contributed by atoms with E-state index in [2.05, 4.69) is 16.0 Å². The van der Waals surface area contributed by atoms with Gasteiger partial charge in [-0.2, -0.15) is 0 Å². The normalized spacial score (nSPS) is 25.9. The van der Waals surface area contributed by atoms with Gasteiger partial charge in [0.15, 0.2) is 0 Å². The SMILES string of the molecule is Cl.O=C1CC(C(=O)NC2CNC2)CCN1. The second kappa shape index (κ2) is 5.32. The van der Waals surface area contributed by atoms with Crippen LogP contribution in [-0.2, 0) is 9.59 Å². The largest absolute Gasteiger partial charge is 0.356 e. The molecule has 0 aromatic heterocycles. The lowest BCUT2D eigenvalue weighted by Crippen LogP contribution is -2.58. The molecule has 86 valence electrons. The fourth-order valence-corrected chi connectivity index (χ4v) is 1.72. The Labute approximate surface area is 94.8 Å². The average molecular weight is 234 g/mol. The van der Waals surface area contributed by atoms with Crippen molar-refractivity contribution in [2.75, 3.05) is 19.6 Å². The zero-order valence-corrected chi connectivity index (χ0v) is 9.23. The zero-order chi connectivity index (χ0) is 9.97. The Morgan fingerprint density at radius 1 is 1.40 bits per heavy atom. The van der Waals surface area contributed by atoms with Gasteiger partial charge in [0, 0.05) is 32.0 Å². The first-order valence-corrected chi connectivity index (χ1v) is 5.03. The van der Waals surface area contributed by atoms with E-state index in [9.17, 15) is 9.59 Å². The molecule has 15 heavy (non-hydrogen) atoms. The molecule has 0 radical (unpaired) electrons. The number of nitrogens with one attached hydrogen (secondary N) is 3. The summed E-state index contributed by atoms with van der Waals surface area (Å²) in [6, 6.07) is 0.271. The number of halogens is 1. The maximum atomic E-state index is 11.6. The summed E-state index contributed by atoms with van der Waals surface area (Å²) >= 11 is 0. The molecule has 2 aliphatic rings. The number of hydrogen-bond donors (Lipinski definition) is 3. The van der Waals surface area contributed by atoms with Crippen LogP contribution in [0.25, 0.3) is 0 Å². The van der Waals surface area contributed by atoms with Gasteiger partial charge in [0.1, 0.15) is 0 Å². The summed E-state index contributed by atoms with van der Waals surface area (Å²) in [6.45, 7) is 2.33. The molecule has 2 amide bonds. The van der Waals surface area contributed by atoms with Crippen LogP contribution >= 0.6 is 12.4 Å². The molecule has 1 atom stereocenters. The molecular weight excluding hydrogens is 218 g/mol. The molecule has 3 N–H and O–H groups in total. The van der Waals surface area contributed by atoms with E-state index in [1.807, 2.05) is 0 Å². The minimum atomic E-state index is -0.121. The molecule has 0 saturated carbocycles. The van der Waals surface area contributed by atoms with E-state index in [1.54, 1.807) is 0 Å². The van der Waals surface area contributed by atoms with Gasteiger partial charge in [-0.25, -0.2) is 0 Å². The van der Waals surface area contributed by atoms with E-state index in [0.717, 1.165) is 19.5 Å². The average Bonchev–Trinajstić information content (AvgIpc) is 2.11. The minimum absolute atomic E-state index is 0. The first kappa shape index (κ1) is 12.3. The molecule has 5 nitrogen and oxygen atoms in total. The molecule has 2 heterocycles. The van der Waals surface area contributed by atoms with E-state index < -0.39 is 0 Å². The maximum Gasteiger partial charge on any atom is 0.224 e. The van der Waals surface area contributed by atoms with Crippen LogP contribution in [-0.4, -0.2) is 37.5 Å².